The molecule has 0 saturated carbocycles. The van der Waals surface area contributed by atoms with E-state index in [0.29, 0.717) is 49.2 Å². The summed E-state index contributed by atoms with van der Waals surface area (Å²) in [4.78, 5) is 43.1. The number of methoxy groups -OCH3 is 2. The maximum Gasteiger partial charge on any atom is 0.338 e. The molecule has 3 heterocycles. The molecule has 0 bridgehead atoms. The standard InChI is InChI=1S/C30H26N2O8S/c1-5-39-29(36)25-16(2)31-30-32(26(25)19-10-12-22(37-3)23(14-19)38-4)27(33)24(41-30)15-20-11-13-21(40-20)17-6-8-18(9-7-17)28(34)35/h6-15,26H,5H2,1-4H3,(H,34,35)/b24-15-/t26-/m0/s1. The van der Waals surface area contributed by atoms with Gasteiger partial charge in [-0.2, -0.15) is 0 Å². The van der Waals surface area contributed by atoms with Crippen molar-refractivity contribution in [1.82, 2.24) is 4.57 Å². The third kappa shape index (κ3) is 5.19. The smallest absolute Gasteiger partial charge is 0.338 e. The molecule has 1 aliphatic rings. The van der Waals surface area contributed by atoms with Gasteiger partial charge in [-0.1, -0.05) is 29.5 Å². The molecule has 1 N–H and O–H groups in total. The van der Waals surface area contributed by atoms with Crippen molar-refractivity contribution in [3.63, 3.8) is 0 Å². The summed E-state index contributed by atoms with van der Waals surface area (Å²) >= 11 is 1.17. The first-order valence-corrected chi connectivity index (χ1v) is 13.4. The number of allylic oxidation sites excluding steroid dienone is 1. The molecule has 0 radical (unpaired) electrons. The topological polar surface area (TPSA) is 130 Å². The third-order valence-electron chi connectivity index (χ3n) is 6.56. The fraction of sp³-hybridized carbons (Fsp3) is 0.200. The molecule has 0 amide bonds. The van der Waals surface area contributed by atoms with Gasteiger partial charge < -0.3 is 23.7 Å². The highest BCUT2D eigenvalue weighted by Gasteiger charge is 2.34. The first-order chi connectivity index (χ1) is 19.7. The number of hydrogen-bond acceptors (Lipinski definition) is 9. The molecule has 11 heteroatoms. The van der Waals surface area contributed by atoms with Crippen LogP contribution < -0.4 is 24.4 Å². The summed E-state index contributed by atoms with van der Waals surface area (Å²) in [5.41, 5.74) is 1.83. The van der Waals surface area contributed by atoms with E-state index in [-0.39, 0.29) is 23.3 Å². The number of carboxylic acids is 1. The van der Waals surface area contributed by atoms with Crippen molar-refractivity contribution in [1.29, 1.82) is 0 Å². The summed E-state index contributed by atoms with van der Waals surface area (Å²) in [5, 5.41) is 9.13. The summed E-state index contributed by atoms with van der Waals surface area (Å²) in [6.45, 7) is 3.59. The van der Waals surface area contributed by atoms with Gasteiger partial charge in [0, 0.05) is 11.6 Å². The maximum atomic E-state index is 13.8. The Morgan fingerprint density at radius 3 is 2.46 bits per heavy atom. The van der Waals surface area contributed by atoms with Gasteiger partial charge >= 0.3 is 11.9 Å². The van der Waals surface area contributed by atoms with Gasteiger partial charge in [-0.3, -0.25) is 9.36 Å². The van der Waals surface area contributed by atoms with Crippen molar-refractivity contribution in [2.45, 2.75) is 19.9 Å². The number of aromatic carboxylic acids is 1. The first kappa shape index (κ1) is 27.7. The van der Waals surface area contributed by atoms with E-state index in [9.17, 15) is 14.4 Å². The summed E-state index contributed by atoms with van der Waals surface area (Å²) in [6.07, 6.45) is 1.62. The third-order valence-corrected chi connectivity index (χ3v) is 7.54. The number of esters is 1. The van der Waals surface area contributed by atoms with Crippen LogP contribution in [0.5, 0.6) is 11.5 Å². The number of nitrogens with zero attached hydrogens (tertiary/aromatic N) is 2. The Kier molecular flexibility index (Phi) is 7.62. The Morgan fingerprint density at radius 2 is 1.80 bits per heavy atom. The number of aromatic nitrogens is 1. The van der Waals surface area contributed by atoms with Gasteiger partial charge in [-0.05, 0) is 55.8 Å². The molecule has 0 fully saturated rings. The zero-order valence-electron chi connectivity index (χ0n) is 22.7. The molecule has 41 heavy (non-hydrogen) atoms. The second kappa shape index (κ2) is 11.3. The molecule has 0 unspecified atom stereocenters. The van der Waals surface area contributed by atoms with Crippen LogP contribution in [0.1, 0.15) is 41.6 Å². The molecule has 1 atom stereocenters. The average Bonchev–Trinajstić information content (AvgIpc) is 3.56. The van der Waals surface area contributed by atoms with Crippen LogP contribution >= 0.6 is 11.3 Å². The van der Waals surface area contributed by atoms with Gasteiger partial charge in [-0.25, -0.2) is 14.6 Å². The van der Waals surface area contributed by atoms with E-state index in [1.165, 1.54) is 42.3 Å². The van der Waals surface area contributed by atoms with Crippen LogP contribution in [0.15, 0.2) is 80.1 Å². The molecule has 210 valence electrons. The molecule has 2 aromatic carbocycles. The monoisotopic (exact) mass is 574 g/mol. The predicted molar refractivity (Wildman–Crippen MR) is 151 cm³/mol. The van der Waals surface area contributed by atoms with Crippen LogP contribution in [-0.2, 0) is 9.53 Å². The molecule has 0 saturated heterocycles. The van der Waals surface area contributed by atoms with E-state index >= 15 is 0 Å². The van der Waals surface area contributed by atoms with Crippen LogP contribution in [0.3, 0.4) is 0 Å². The Labute approximate surface area is 238 Å². The van der Waals surface area contributed by atoms with Crippen molar-refractivity contribution in [2.75, 3.05) is 20.8 Å². The summed E-state index contributed by atoms with van der Waals surface area (Å²) in [7, 11) is 3.04. The van der Waals surface area contributed by atoms with Crippen LogP contribution in [-0.4, -0.2) is 42.4 Å². The highest BCUT2D eigenvalue weighted by atomic mass is 32.1. The number of hydrogen-bond donors (Lipinski definition) is 1. The minimum Gasteiger partial charge on any atom is -0.493 e. The molecular weight excluding hydrogens is 548 g/mol. The molecule has 5 rings (SSSR count). The van der Waals surface area contributed by atoms with Crippen molar-refractivity contribution in [2.24, 2.45) is 4.99 Å². The van der Waals surface area contributed by atoms with Gasteiger partial charge in [0.15, 0.2) is 16.3 Å². The minimum absolute atomic E-state index is 0.165. The molecule has 4 aromatic rings. The zero-order chi connectivity index (χ0) is 29.3. The van der Waals surface area contributed by atoms with Gasteiger partial charge in [0.05, 0.1) is 48.2 Å². The second-order valence-electron chi connectivity index (χ2n) is 9.00. The number of carboxylic acid groups (broad SMARTS) is 1. The lowest BCUT2D eigenvalue weighted by Gasteiger charge is -2.25. The van der Waals surface area contributed by atoms with Crippen LogP contribution in [0, 0.1) is 0 Å². The van der Waals surface area contributed by atoms with Crippen LogP contribution in [0.25, 0.3) is 17.4 Å². The van der Waals surface area contributed by atoms with Crippen LogP contribution in [0.4, 0.5) is 0 Å². The number of carbonyl (C=O) groups is 2. The van der Waals surface area contributed by atoms with Crippen molar-refractivity contribution >= 4 is 29.4 Å². The number of benzene rings is 2. The van der Waals surface area contributed by atoms with E-state index in [4.69, 9.17) is 23.7 Å². The Bertz CT molecular complexity index is 1860. The molecule has 1 aliphatic heterocycles. The number of carbonyl (C=O) groups excluding carboxylic acids is 1. The normalized spacial score (nSPS) is 14.8. The lowest BCUT2D eigenvalue weighted by molar-refractivity contribution is -0.139. The van der Waals surface area contributed by atoms with Crippen molar-refractivity contribution < 1.29 is 33.3 Å². The van der Waals surface area contributed by atoms with Gasteiger partial charge in [0.2, 0.25) is 0 Å². The number of thiazole rings is 1. The second-order valence-corrected chi connectivity index (χ2v) is 10.0. The largest absolute Gasteiger partial charge is 0.493 e. The Hall–Kier alpha value is -4.90. The minimum atomic E-state index is -1.01. The fourth-order valence-electron chi connectivity index (χ4n) is 4.62. The Morgan fingerprint density at radius 1 is 1.07 bits per heavy atom. The lowest BCUT2D eigenvalue weighted by atomic mass is 9.95. The molecule has 0 spiro atoms. The van der Waals surface area contributed by atoms with Gasteiger partial charge in [-0.15, -0.1) is 0 Å². The highest BCUT2D eigenvalue weighted by Crippen LogP contribution is 2.36. The molecule has 10 nitrogen and oxygen atoms in total. The quantitative estimate of drug-likeness (QED) is 0.315. The number of rotatable bonds is 8. The first-order valence-electron chi connectivity index (χ1n) is 12.6. The fourth-order valence-corrected chi connectivity index (χ4v) is 5.65. The van der Waals surface area contributed by atoms with Crippen molar-refractivity contribution in [3.05, 3.63) is 102 Å². The maximum absolute atomic E-state index is 13.8. The highest BCUT2D eigenvalue weighted by molar-refractivity contribution is 7.07. The summed E-state index contributed by atoms with van der Waals surface area (Å²) < 4.78 is 24.0. The summed E-state index contributed by atoms with van der Waals surface area (Å²) in [6, 6.07) is 14.2. The summed E-state index contributed by atoms with van der Waals surface area (Å²) in [5.74, 6) is 0.325. The zero-order valence-corrected chi connectivity index (χ0v) is 23.5. The van der Waals surface area contributed by atoms with E-state index in [1.54, 1.807) is 62.4 Å². The lowest BCUT2D eigenvalue weighted by Crippen LogP contribution is -2.39. The number of furan rings is 1. The van der Waals surface area contributed by atoms with E-state index < -0.39 is 18.0 Å². The molecule has 0 aliphatic carbocycles. The average molecular weight is 575 g/mol. The number of ether oxygens (including phenoxy) is 3. The Balaban J connectivity index is 1.62. The van der Waals surface area contributed by atoms with Crippen molar-refractivity contribution in [3.8, 4) is 22.8 Å². The van der Waals surface area contributed by atoms with E-state index in [1.807, 2.05) is 0 Å². The number of fused-ring (bicyclic) bond motifs is 1. The molecule has 2 aromatic heterocycles. The molecular formula is C30H26N2O8S. The van der Waals surface area contributed by atoms with Gasteiger partial charge in [0.25, 0.3) is 5.56 Å². The van der Waals surface area contributed by atoms with Gasteiger partial charge in [0.1, 0.15) is 11.5 Å². The SMILES string of the molecule is CCOC(=O)C1=C(C)N=c2s/c(=C\c3ccc(-c4ccc(C(=O)O)cc4)o3)c(=O)n2[C@H]1c1ccc(OC)c(OC)c1. The predicted octanol–water partition coefficient (Wildman–Crippen LogP) is 3.77. The van der Waals surface area contributed by atoms with E-state index in [0.717, 1.165) is 0 Å². The van der Waals surface area contributed by atoms with E-state index in [2.05, 4.69) is 4.99 Å². The van der Waals surface area contributed by atoms with Crippen LogP contribution in [0.2, 0.25) is 0 Å².